The molecular weight excluding hydrogens is 182 g/mol. The first-order valence-corrected chi connectivity index (χ1v) is 5.38. The molecule has 1 heterocycles. The van der Waals surface area contributed by atoms with Crippen LogP contribution in [0, 0.1) is 6.92 Å². The van der Waals surface area contributed by atoms with E-state index in [0.29, 0.717) is 5.75 Å². The van der Waals surface area contributed by atoms with E-state index < -0.39 is 0 Å². The number of amides is 1. The number of nitrogens with zero attached hydrogens (tertiary/aromatic N) is 1. The molecule has 3 heteroatoms. The zero-order valence-electron chi connectivity index (χ0n) is 7.49. The average Bonchev–Trinajstić information content (AvgIpc) is 2.52. The van der Waals surface area contributed by atoms with Crippen LogP contribution in [0.2, 0.25) is 0 Å². The lowest BCUT2D eigenvalue weighted by atomic mass is 10.2. The molecular formula is C10H11NOS. The number of carbonyl (C=O) groups excluding carboxylic acids is 1. The Morgan fingerprint density at radius 2 is 2.15 bits per heavy atom. The van der Waals surface area contributed by atoms with Gasteiger partial charge in [0.15, 0.2) is 0 Å². The van der Waals surface area contributed by atoms with Gasteiger partial charge >= 0.3 is 0 Å². The Labute approximate surface area is 81.9 Å². The summed E-state index contributed by atoms with van der Waals surface area (Å²) in [5.74, 6) is 1.64. The number of carbonyl (C=O) groups is 1. The lowest BCUT2D eigenvalue weighted by Gasteiger charge is -2.16. The molecule has 0 N–H and O–H groups in total. The van der Waals surface area contributed by atoms with E-state index in [1.54, 1.807) is 11.8 Å². The molecule has 1 amide bonds. The Kier molecular flexibility index (Phi) is 2.27. The van der Waals surface area contributed by atoms with Crippen molar-refractivity contribution < 1.29 is 4.79 Å². The van der Waals surface area contributed by atoms with Crippen molar-refractivity contribution in [2.75, 3.05) is 16.5 Å². The van der Waals surface area contributed by atoms with Crippen LogP contribution in [0.4, 0.5) is 5.69 Å². The second-order valence-electron chi connectivity index (χ2n) is 3.09. The molecule has 0 bridgehead atoms. The highest BCUT2D eigenvalue weighted by molar-refractivity contribution is 8.00. The topological polar surface area (TPSA) is 20.3 Å². The van der Waals surface area contributed by atoms with Gasteiger partial charge in [0.25, 0.3) is 0 Å². The molecule has 1 aliphatic rings. The van der Waals surface area contributed by atoms with Crippen molar-refractivity contribution in [1.29, 1.82) is 0 Å². The Morgan fingerprint density at radius 3 is 2.77 bits per heavy atom. The van der Waals surface area contributed by atoms with Gasteiger partial charge in [-0.25, -0.2) is 0 Å². The molecule has 1 saturated heterocycles. The average molecular weight is 193 g/mol. The van der Waals surface area contributed by atoms with Crippen molar-refractivity contribution in [3.63, 3.8) is 0 Å². The SMILES string of the molecule is Cc1ccccc1N1CSCC1=O. The molecule has 0 aliphatic carbocycles. The Balaban J connectivity index is 2.34. The third-order valence-corrected chi connectivity index (χ3v) is 3.05. The second-order valence-corrected chi connectivity index (χ2v) is 4.04. The van der Waals surface area contributed by atoms with E-state index in [9.17, 15) is 4.79 Å². The standard InChI is InChI=1S/C10H11NOS/c1-8-4-2-3-5-9(8)11-7-13-6-10(11)12/h2-5H,6-7H2,1H3. The molecule has 0 saturated carbocycles. The predicted molar refractivity (Wildman–Crippen MR) is 56.0 cm³/mol. The van der Waals surface area contributed by atoms with Gasteiger partial charge in [0, 0.05) is 5.69 Å². The fourth-order valence-corrected chi connectivity index (χ4v) is 2.33. The quantitative estimate of drug-likeness (QED) is 0.680. The van der Waals surface area contributed by atoms with Crippen LogP contribution in [0.25, 0.3) is 0 Å². The van der Waals surface area contributed by atoms with Crippen LogP contribution in [-0.4, -0.2) is 17.5 Å². The predicted octanol–water partition coefficient (Wildman–Crippen LogP) is 2.03. The second kappa shape index (κ2) is 3.42. The van der Waals surface area contributed by atoms with E-state index in [2.05, 4.69) is 0 Å². The van der Waals surface area contributed by atoms with Gasteiger partial charge in [-0.1, -0.05) is 18.2 Å². The molecule has 1 aromatic rings. The van der Waals surface area contributed by atoms with E-state index in [1.807, 2.05) is 36.1 Å². The molecule has 0 aromatic heterocycles. The highest BCUT2D eigenvalue weighted by Gasteiger charge is 2.22. The number of anilines is 1. The summed E-state index contributed by atoms with van der Waals surface area (Å²) >= 11 is 1.67. The number of para-hydroxylation sites is 1. The minimum absolute atomic E-state index is 0.222. The van der Waals surface area contributed by atoms with Crippen LogP contribution in [0.5, 0.6) is 0 Å². The summed E-state index contributed by atoms with van der Waals surface area (Å²) in [6.45, 7) is 2.03. The molecule has 0 unspecified atom stereocenters. The summed E-state index contributed by atoms with van der Waals surface area (Å²) in [4.78, 5) is 13.3. The summed E-state index contributed by atoms with van der Waals surface area (Å²) < 4.78 is 0. The molecule has 13 heavy (non-hydrogen) atoms. The summed E-state index contributed by atoms with van der Waals surface area (Å²) in [6, 6.07) is 8.00. The number of rotatable bonds is 1. The minimum atomic E-state index is 0.222. The fraction of sp³-hybridized carbons (Fsp3) is 0.300. The van der Waals surface area contributed by atoms with Gasteiger partial charge in [-0.3, -0.25) is 4.79 Å². The van der Waals surface area contributed by atoms with Crippen LogP contribution >= 0.6 is 11.8 Å². The molecule has 0 radical (unpaired) electrons. The van der Waals surface area contributed by atoms with Crippen LogP contribution < -0.4 is 4.90 Å². The van der Waals surface area contributed by atoms with Crippen LogP contribution in [0.1, 0.15) is 5.56 Å². The fourth-order valence-electron chi connectivity index (χ4n) is 1.44. The van der Waals surface area contributed by atoms with E-state index in [4.69, 9.17) is 0 Å². The van der Waals surface area contributed by atoms with Crippen LogP contribution in [0.15, 0.2) is 24.3 Å². The van der Waals surface area contributed by atoms with Gasteiger partial charge in [-0.05, 0) is 18.6 Å². The Bertz CT molecular complexity index is 337. The van der Waals surface area contributed by atoms with Crippen molar-refractivity contribution in [3.8, 4) is 0 Å². The van der Waals surface area contributed by atoms with Crippen LogP contribution in [-0.2, 0) is 4.79 Å². The summed E-state index contributed by atoms with van der Waals surface area (Å²) in [6.07, 6.45) is 0. The van der Waals surface area contributed by atoms with E-state index in [1.165, 1.54) is 5.56 Å². The van der Waals surface area contributed by atoms with Crippen molar-refractivity contribution in [3.05, 3.63) is 29.8 Å². The van der Waals surface area contributed by atoms with Crippen LogP contribution in [0.3, 0.4) is 0 Å². The molecule has 1 fully saturated rings. The maximum absolute atomic E-state index is 11.4. The third-order valence-electron chi connectivity index (χ3n) is 2.15. The lowest BCUT2D eigenvalue weighted by Crippen LogP contribution is -2.25. The normalized spacial score (nSPS) is 16.7. The van der Waals surface area contributed by atoms with Crippen molar-refractivity contribution in [1.82, 2.24) is 0 Å². The third kappa shape index (κ3) is 1.56. The zero-order valence-corrected chi connectivity index (χ0v) is 8.30. The lowest BCUT2D eigenvalue weighted by molar-refractivity contribution is -0.115. The minimum Gasteiger partial charge on any atom is -0.302 e. The van der Waals surface area contributed by atoms with E-state index in [-0.39, 0.29) is 5.91 Å². The van der Waals surface area contributed by atoms with Crippen molar-refractivity contribution in [2.45, 2.75) is 6.92 Å². The molecule has 2 rings (SSSR count). The molecule has 1 aliphatic heterocycles. The maximum atomic E-state index is 11.4. The first kappa shape index (κ1) is 8.63. The number of benzene rings is 1. The van der Waals surface area contributed by atoms with Crippen molar-refractivity contribution >= 4 is 23.4 Å². The summed E-state index contributed by atoms with van der Waals surface area (Å²) in [5, 5.41) is 0. The first-order valence-electron chi connectivity index (χ1n) is 4.23. The zero-order chi connectivity index (χ0) is 9.26. The number of hydrogen-bond donors (Lipinski definition) is 0. The smallest absolute Gasteiger partial charge is 0.237 e. The highest BCUT2D eigenvalue weighted by atomic mass is 32.2. The molecule has 68 valence electrons. The Morgan fingerprint density at radius 1 is 1.38 bits per heavy atom. The van der Waals surface area contributed by atoms with Gasteiger partial charge in [-0.15, -0.1) is 11.8 Å². The molecule has 1 aromatic carbocycles. The number of aryl methyl sites for hydroxylation is 1. The van der Waals surface area contributed by atoms with Gasteiger partial charge in [0.05, 0.1) is 11.6 Å². The monoisotopic (exact) mass is 193 g/mol. The van der Waals surface area contributed by atoms with Gasteiger partial charge in [-0.2, -0.15) is 0 Å². The van der Waals surface area contributed by atoms with Crippen molar-refractivity contribution in [2.24, 2.45) is 0 Å². The first-order chi connectivity index (χ1) is 6.29. The number of hydrogen-bond acceptors (Lipinski definition) is 2. The summed E-state index contributed by atoms with van der Waals surface area (Å²) in [5.41, 5.74) is 2.22. The van der Waals surface area contributed by atoms with Gasteiger partial charge < -0.3 is 4.90 Å². The van der Waals surface area contributed by atoms with Gasteiger partial charge in [0.1, 0.15) is 0 Å². The largest absolute Gasteiger partial charge is 0.302 e. The summed E-state index contributed by atoms with van der Waals surface area (Å²) in [7, 11) is 0. The highest BCUT2D eigenvalue weighted by Crippen LogP contribution is 2.26. The van der Waals surface area contributed by atoms with Gasteiger partial charge in [0.2, 0.25) is 5.91 Å². The Hall–Kier alpha value is -0.960. The van der Waals surface area contributed by atoms with E-state index >= 15 is 0 Å². The molecule has 2 nitrogen and oxygen atoms in total. The molecule has 0 spiro atoms. The molecule has 0 atom stereocenters. The van der Waals surface area contributed by atoms with E-state index in [0.717, 1.165) is 11.6 Å². The number of thioether (sulfide) groups is 1. The maximum Gasteiger partial charge on any atom is 0.237 e.